The van der Waals surface area contributed by atoms with Gasteiger partial charge in [0.05, 0.1) is 5.57 Å². The van der Waals surface area contributed by atoms with Gasteiger partial charge in [-0.3, -0.25) is 0 Å². The number of hydrogen-bond donors (Lipinski definition) is 3. The minimum Gasteiger partial charge on any atom is -0.405 e. The first-order valence-corrected chi connectivity index (χ1v) is 10.3. The van der Waals surface area contributed by atoms with Crippen molar-refractivity contribution >= 4 is 0 Å². The lowest BCUT2D eigenvalue weighted by Crippen LogP contribution is -2.50. The molecule has 4 rings (SSSR count). The third kappa shape index (κ3) is 4.11. The highest BCUT2D eigenvalue weighted by Gasteiger charge is 2.50. The van der Waals surface area contributed by atoms with Gasteiger partial charge >= 0.3 is 0 Å². The van der Waals surface area contributed by atoms with Crippen molar-refractivity contribution in [2.24, 2.45) is 5.73 Å². The highest BCUT2D eigenvalue weighted by molar-refractivity contribution is 5.33. The minimum atomic E-state index is -2.21. The Morgan fingerprint density at radius 2 is 1.60 bits per heavy atom. The molecular weight excluding hydrogens is 390 g/mol. The van der Waals surface area contributed by atoms with Crippen molar-refractivity contribution in [2.75, 3.05) is 6.54 Å². The number of nitrogens with zero attached hydrogens (tertiary/aromatic N) is 1. The number of hydrogen-bond acceptors (Lipinski definition) is 5. The Morgan fingerprint density at radius 1 is 1.03 bits per heavy atom. The van der Waals surface area contributed by atoms with Crippen LogP contribution in [0.25, 0.3) is 0 Å². The number of hydroxylamine groups is 2. The zero-order valence-electron chi connectivity index (χ0n) is 16.6. The van der Waals surface area contributed by atoms with E-state index >= 15 is 0 Å². The molecule has 0 saturated carbocycles. The van der Waals surface area contributed by atoms with E-state index in [9.17, 15) is 19.0 Å². The van der Waals surface area contributed by atoms with Crippen molar-refractivity contribution < 1.29 is 23.8 Å². The number of rotatable bonds is 6. The number of benzene rings is 2. The Morgan fingerprint density at radius 3 is 2.13 bits per heavy atom. The molecule has 1 atom stereocenters. The second-order valence-corrected chi connectivity index (χ2v) is 7.96. The molecule has 30 heavy (non-hydrogen) atoms. The Balaban J connectivity index is 1.47. The molecule has 7 heteroatoms. The van der Waals surface area contributed by atoms with Crippen molar-refractivity contribution in [2.45, 2.75) is 50.0 Å². The van der Waals surface area contributed by atoms with Crippen LogP contribution >= 0.6 is 0 Å². The second kappa shape index (κ2) is 8.43. The van der Waals surface area contributed by atoms with E-state index in [1.54, 1.807) is 24.3 Å². The summed E-state index contributed by atoms with van der Waals surface area (Å²) in [5, 5.41) is 22.4. The van der Waals surface area contributed by atoms with Gasteiger partial charge in [-0.1, -0.05) is 29.3 Å². The third-order valence-electron chi connectivity index (χ3n) is 5.92. The molecular formula is C23H26F2N2O3. The molecule has 1 heterocycles. The fourth-order valence-corrected chi connectivity index (χ4v) is 4.39. The van der Waals surface area contributed by atoms with Crippen LogP contribution in [0.1, 0.15) is 49.1 Å². The lowest BCUT2D eigenvalue weighted by molar-refractivity contribution is -0.324. The van der Waals surface area contributed by atoms with Gasteiger partial charge in [0.15, 0.2) is 0 Å². The van der Waals surface area contributed by atoms with Crippen LogP contribution < -0.4 is 5.73 Å². The Labute approximate surface area is 174 Å². The van der Waals surface area contributed by atoms with E-state index in [0.29, 0.717) is 37.0 Å². The Bertz CT molecular complexity index is 868. The number of aliphatic hydroxyl groups is 2. The van der Waals surface area contributed by atoms with E-state index in [-0.39, 0.29) is 24.1 Å². The molecule has 5 nitrogen and oxygen atoms in total. The lowest BCUT2D eigenvalue weighted by atomic mass is 9.87. The maximum Gasteiger partial charge on any atom is 0.285 e. The summed E-state index contributed by atoms with van der Waals surface area (Å²) < 4.78 is 26.8. The summed E-state index contributed by atoms with van der Waals surface area (Å²) in [5.41, 5.74) is 8.23. The molecule has 1 aliphatic carbocycles. The SMILES string of the molecule is NC1CCCC2=C1C(O)(O)N(CCCC(c1ccc(F)cc1)c1ccc(F)cc1)O2. The predicted octanol–water partition coefficient (Wildman–Crippen LogP) is 3.53. The zero-order chi connectivity index (χ0) is 21.3. The van der Waals surface area contributed by atoms with E-state index in [4.69, 9.17) is 10.6 Å². The molecule has 0 spiro atoms. The summed E-state index contributed by atoms with van der Waals surface area (Å²) in [7, 11) is 0. The van der Waals surface area contributed by atoms with Gasteiger partial charge in [-0.2, -0.15) is 0 Å². The molecule has 2 aromatic rings. The van der Waals surface area contributed by atoms with E-state index < -0.39 is 12.0 Å². The van der Waals surface area contributed by atoms with Gasteiger partial charge in [-0.05, 0) is 61.1 Å². The fraction of sp³-hybridized carbons (Fsp3) is 0.391. The predicted molar refractivity (Wildman–Crippen MR) is 108 cm³/mol. The van der Waals surface area contributed by atoms with Crippen molar-refractivity contribution in [1.82, 2.24) is 5.06 Å². The molecule has 0 saturated heterocycles. The number of nitrogens with two attached hydrogens (primary N) is 1. The van der Waals surface area contributed by atoms with Crippen molar-refractivity contribution in [3.8, 4) is 0 Å². The summed E-state index contributed by atoms with van der Waals surface area (Å²) in [4.78, 5) is 5.71. The normalized spacial score (nSPS) is 21.1. The van der Waals surface area contributed by atoms with Gasteiger partial charge in [0.1, 0.15) is 17.4 Å². The highest BCUT2D eigenvalue weighted by atomic mass is 19.1. The molecule has 2 aromatic carbocycles. The quantitative estimate of drug-likeness (QED) is 0.628. The van der Waals surface area contributed by atoms with Gasteiger partial charge in [-0.15, -0.1) is 0 Å². The van der Waals surface area contributed by atoms with Crippen LogP contribution in [-0.4, -0.2) is 33.8 Å². The average molecular weight is 416 g/mol. The highest BCUT2D eigenvalue weighted by Crippen LogP contribution is 2.40. The summed E-state index contributed by atoms with van der Waals surface area (Å²) in [6, 6.07) is 12.1. The number of allylic oxidation sites excluding steroid dienone is 1. The Hall–Kier alpha value is -2.32. The van der Waals surface area contributed by atoms with Crippen LogP contribution in [0.3, 0.4) is 0 Å². The molecule has 4 N–H and O–H groups in total. The van der Waals surface area contributed by atoms with Crippen LogP contribution in [0.15, 0.2) is 59.9 Å². The molecule has 1 aliphatic heterocycles. The second-order valence-electron chi connectivity index (χ2n) is 7.96. The van der Waals surface area contributed by atoms with Crippen LogP contribution in [0.2, 0.25) is 0 Å². The topological polar surface area (TPSA) is 79.0 Å². The van der Waals surface area contributed by atoms with Gasteiger partial charge < -0.3 is 20.8 Å². The van der Waals surface area contributed by atoms with Gasteiger partial charge in [0, 0.05) is 24.9 Å². The smallest absolute Gasteiger partial charge is 0.285 e. The molecule has 0 amide bonds. The summed E-state index contributed by atoms with van der Waals surface area (Å²) in [6.07, 6.45) is 3.37. The van der Waals surface area contributed by atoms with Crippen molar-refractivity contribution in [1.29, 1.82) is 0 Å². The molecule has 0 fully saturated rings. The molecule has 0 aromatic heterocycles. The zero-order valence-corrected chi connectivity index (χ0v) is 16.6. The number of halogens is 2. The lowest BCUT2D eigenvalue weighted by Gasteiger charge is -2.30. The maximum atomic E-state index is 13.4. The maximum absolute atomic E-state index is 13.4. The van der Waals surface area contributed by atoms with Crippen molar-refractivity contribution in [3.05, 3.63) is 82.6 Å². The van der Waals surface area contributed by atoms with E-state index in [1.807, 2.05) is 0 Å². The van der Waals surface area contributed by atoms with Gasteiger partial charge in [-0.25, -0.2) is 8.78 Å². The van der Waals surface area contributed by atoms with Crippen LogP contribution in [0, 0.1) is 11.6 Å². The van der Waals surface area contributed by atoms with Gasteiger partial charge in [0.2, 0.25) is 0 Å². The third-order valence-corrected chi connectivity index (χ3v) is 5.92. The van der Waals surface area contributed by atoms with Crippen molar-refractivity contribution in [3.63, 3.8) is 0 Å². The Kier molecular flexibility index (Phi) is 5.88. The first kappa shape index (κ1) is 20.9. The summed E-state index contributed by atoms with van der Waals surface area (Å²) in [5.74, 6) is -2.39. The molecule has 1 unspecified atom stereocenters. The first-order valence-electron chi connectivity index (χ1n) is 10.3. The van der Waals surface area contributed by atoms with E-state index in [1.165, 1.54) is 29.3 Å². The van der Waals surface area contributed by atoms with E-state index in [2.05, 4.69) is 0 Å². The van der Waals surface area contributed by atoms with E-state index in [0.717, 1.165) is 17.5 Å². The van der Waals surface area contributed by atoms with Crippen LogP contribution in [-0.2, 0) is 4.84 Å². The molecule has 2 aliphatic rings. The largest absolute Gasteiger partial charge is 0.405 e. The monoisotopic (exact) mass is 416 g/mol. The molecule has 0 radical (unpaired) electrons. The minimum absolute atomic E-state index is 0.0922. The summed E-state index contributed by atoms with van der Waals surface area (Å²) >= 11 is 0. The first-order chi connectivity index (χ1) is 14.4. The molecule has 160 valence electrons. The van der Waals surface area contributed by atoms with Crippen LogP contribution in [0.4, 0.5) is 8.78 Å². The van der Waals surface area contributed by atoms with Crippen LogP contribution in [0.5, 0.6) is 0 Å². The molecule has 0 bridgehead atoms. The summed E-state index contributed by atoms with van der Waals surface area (Å²) in [6.45, 7) is 0.269. The standard InChI is InChI=1S/C23H26F2N2O3/c24-17-10-6-15(7-11-17)19(16-8-12-18(25)13-9-16)3-2-14-27-23(28,29)22-20(26)4-1-5-21(22)30-27/h6-13,19-20,28-29H,1-5,14,26H2. The van der Waals surface area contributed by atoms with Gasteiger partial charge in [0.25, 0.3) is 5.91 Å². The average Bonchev–Trinajstić information content (AvgIpc) is 2.98. The fourth-order valence-electron chi connectivity index (χ4n) is 4.39.